The number of nitrogens with zero attached hydrogens (tertiary/aromatic N) is 1. The van der Waals surface area contributed by atoms with Gasteiger partial charge in [0.25, 0.3) is 0 Å². The molecule has 1 aliphatic heterocycles. The van der Waals surface area contributed by atoms with Crippen LogP contribution in [0.1, 0.15) is 49.8 Å². The minimum absolute atomic E-state index is 0.394. The predicted molar refractivity (Wildman–Crippen MR) is 82.1 cm³/mol. The molecule has 2 aliphatic rings. The Bertz CT molecular complexity index is 454. The van der Waals surface area contributed by atoms with Crippen molar-refractivity contribution in [3.8, 4) is 5.75 Å². The van der Waals surface area contributed by atoms with Crippen LogP contribution in [0.15, 0.2) is 18.2 Å². The summed E-state index contributed by atoms with van der Waals surface area (Å²) in [6.45, 7) is 5.99. The molecule has 0 aromatic heterocycles. The Morgan fingerprint density at radius 2 is 2.10 bits per heavy atom. The van der Waals surface area contributed by atoms with Crippen LogP contribution in [-0.2, 0) is 6.42 Å². The molecule has 3 rings (SSSR count). The number of fused-ring (bicyclic) bond motifs is 1. The van der Waals surface area contributed by atoms with Crippen LogP contribution >= 0.6 is 0 Å². The summed E-state index contributed by atoms with van der Waals surface area (Å²) in [5.41, 5.74) is 2.70. The number of aryl methyl sites for hydroxylation is 1. The normalized spacial score (nSPS) is 24.6. The van der Waals surface area contributed by atoms with Crippen molar-refractivity contribution in [3.05, 3.63) is 29.3 Å². The van der Waals surface area contributed by atoms with Gasteiger partial charge in [-0.05, 0) is 69.0 Å². The first-order chi connectivity index (χ1) is 9.72. The Morgan fingerprint density at radius 3 is 2.90 bits per heavy atom. The lowest BCUT2D eigenvalue weighted by Gasteiger charge is -2.30. The number of hydrogen-bond acceptors (Lipinski definition) is 3. The van der Waals surface area contributed by atoms with Gasteiger partial charge >= 0.3 is 0 Å². The summed E-state index contributed by atoms with van der Waals surface area (Å²) in [5, 5.41) is 13.3. The van der Waals surface area contributed by atoms with Gasteiger partial charge in [-0.3, -0.25) is 0 Å². The van der Waals surface area contributed by atoms with E-state index in [1.807, 2.05) is 12.1 Å². The highest BCUT2D eigenvalue weighted by atomic mass is 16.3. The first-order valence-electron chi connectivity index (χ1n) is 8.02. The highest BCUT2D eigenvalue weighted by molar-refractivity contribution is 5.40. The topological polar surface area (TPSA) is 35.5 Å². The summed E-state index contributed by atoms with van der Waals surface area (Å²) in [4.78, 5) is 2.59. The summed E-state index contributed by atoms with van der Waals surface area (Å²) in [7, 11) is 0. The molecule has 1 aliphatic carbocycles. The number of piperidine rings is 1. The number of rotatable bonds is 4. The van der Waals surface area contributed by atoms with E-state index in [4.69, 9.17) is 0 Å². The Balaban J connectivity index is 1.56. The molecule has 0 saturated carbocycles. The Morgan fingerprint density at radius 1 is 1.30 bits per heavy atom. The second-order valence-electron chi connectivity index (χ2n) is 6.40. The molecule has 1 fully saturated rings. The van der Waals surface area contributed by atoms with Crippen molar-refractivity contribution in [2.24, 2.45) is 0 Å². The van der Waals surface area contributed by atoms with Crippen LogP contribution in [0.2, 0.25) is 0 Å². The lowest BCUT2D eigenvalue weighted by molar-refractivity contribution is 0.204. The Hall–Kier alpha value is -1.06. The molecule has 1 heterocycles. The predicted octanol–water partition coefficient (Wildman–Crippen LogP) is 2.84. The molecule has 0 amide bonds. The summed E-state index contributed by atoms with van der Waals surface area (Å²) in [5.74, 6) is 0.394. The van der Waals surface area contributed by atoms with Crippen LogP contribution < -0.4 is 5.32 Å². The van der Waals surface area contributed by atoms with Crippen LogP contribution in [0.4, 0.5) is 0 Å². The maximum atomic E-state index is 9.55. The van der Waals surface area contributed by atoms with Crippen molar-refractivity contribution in [2.45, 2.75) is 51.1 Å². The molecule has 0 spiro atoms. The molecule has 0 bridgehead atoms. The second-order valence-corrected chi connectivity index (χ2v) is 6.40. The van der Waals surface area contributed by atoms with Gasteiger partial charge in [0.15, 0.2) is 0 Å². The molecule has 2 atom stereocenters. The van der Waals surface area contributed by atoms with Crippen LogP contribution in [0.5, 0.6) is 5.75 Å². The molecule has 3 heteroatoms. The van der Waals surface area contributed by atoms with Crippen molar-refractivity contribution in [3.63, 3.8) is 0 Å². The number of phenolic OH excluding ortho intramolecular Hbond substituents is 1. The van der Waals surface area contributed by atoms with E-state index in [1.54, 1.807) is 0 Å². The van der Waals surface area contributed by atoms with Crippen LogP contribution in [0, 0.1) is 0 Å². The fourth-order valence-electron chi connectivity index (χ4n) is 3.70. The smallest absolute Gasteiger partial charge is 0.115 e. The van der Waals surface area contributed by atoms with Crippen molar-refractivity contribution >= 4 is 0 Å². The summed E-state index contributed by atoms with van der Waals surface area (Å²) < 4.78 is 0. The quantitative estimate of drug-likeness (QED) is 0.886. The van der Waals surface area contributed by atoms with Gasteiger partial charge in [0.2, 0.25) is 0 Å². The van der Waals surface area contributed by atoms with E-state index in [2.05, 4.69) is 23.2 Å². The van der Waals surface area contributed by atoms with E-state index in [1.165, 1.54) is 43.5 Å². The molecule has 2 unspecified atom stereocenters. The van der Waals surface area contributed by atoms with E-state index in [0.717, 1.165) is 19.4 Å². The van der Waals surface area contributed by atoms with Gasteiger partial charge in [0.05, 0.1) is 0 Å². The van der Waals surface area contributed by atoms with Crippen LogP contribution in [0.3, 0.4) is 0 Å². The molecule has 0 radical (unpaired) electrons. The fourth-order valence-corrected chi connectivity index (χ4v) is 3.70. The van der Waals surface area contributed by atoms with Crippen LogP contribution in [0.25, 0.3) is 0 Å². The lowest BCUT2D eigenvalue weighted by Crippen LogP contribution is -2.42. The summed E-state index contributed by atoms with van der Waals surface area (Å²) in [6.07, 6.45) is 6.36. The maximum absolute atomic E-state index is 9.55. The number of nitrogens with one attached hydrogen (secondary N) is 1. The third-order valence-corrected chi connectivity index (χ3v) is 4.67. The zero-order valence-corrected chi connectivity index (χ0v) is 12.4. The average molecular weight is 274 g/mol. The molecule has 20 heavy (non-hydrogen) atoms. The molecule has 3 nitrogen and oxygen atoms in total. The number of aromatic hydroxyl groups is 1. The number of benzene rings is 1. The largest absolute Gasteiger partial charge is 0.508 e. The van der Waals surface area contributed by atoms with Crippen LogP contribution in [-0.4, -0.2) is 35.7 Å². The molecular formula is C17H26N2O. The van der Waals surface area contributed by atoms with E-state index < -0.39 is 0 Å². The number of likely N-dealkylation sites (tertiary alicyclic amines) is 1. The van der Waals surface area contributed by atoms with Gasteiger partial charge in [-0.15, -0.1) is 0 Å². The monoisotopic (exact) mass is 274 g/mol. The van der Waals surface area contributed by atoms with Crippen molar-refractivity contribution in [2.75, 3.05) is 19.6 Å². The Kier molecular flexibility index (Phi) is 4.27. The zero-order chi connectivity index (χ0) is 13.9. The Labute approximate surface area is 122 Å². The van der Waals surface area contributed by atoms with Gasteiger partial charge in [-0.25, -0.2) is 0 Å². The van der Waals surface area contributed by atoms with Gasteiger partial charge in [0, 0.05) is 18.6 Å². The van der Waals surface area contributed by atoms with E-state index >= 15 is 0 Å². The second kappa shape index (κ2) is 6.15. The minimum atomic E-state index is 0.394. The van der Waals surface area contributed by atoms with Crippen molar-refractivity contribution in [1.29, 1.82) is 0 Å². The van der Waals surface area contributed by atoms with E-state index in [0.29, 0.717) is 17.8 Å². The lowest BCUT2D eigenvalue weighted by atomic mass is 10.1. The highest BCUT2D eigenvalue weighted by Gasteiger charge is 2.24. The van der Waals surface area contributed by atoms with Crippen molar-refractivity contribution < 1.29 is 5.11 Å². The fraction of sp³-hybridized carbons (Fsp3) is 0.647. The molecule has 1 aromatic carbocycles. The first-order valence-corrected chi connectivity index (χ1v) is 8.02. The highest BCUT2D eigenvalue weighted by Crippen LogP contribution is 2.33. The van der Waals surface area contributed by atoms with Crippen molar-refractivity contribution in [1.82, 2.24) is 10.2 Å². The van der Waals surface area contributed by atoms with E-state index in [9.17, 15) is 5.11 Å². The molecule has 2 N–H and O–H groups in total. The molecular weight excluding hydrogens is 248 g/mol. The third-order valence-electron chi connectivity index (χ3n) is 4.67. The molecule has 1 saturated heterocycles. The van der Waals surface area contributed by atoms with Gasteiger partial charge in [-0.1, -0.05) is 12.5 Å². The van der Waals surface area contributed by atoms with Gasteiger partial charge in [-0.2, -0.15) is 0 Å². The third kappa shape index (κ3) is 3.15. The SMILES string of the molecule is CC(CN1CCCCC1)NC1CCc2cc(O)ccc21. The summed E-state index contributed by atoms with van der Waals surface area (Å²) >= 11 is 0. The molecule has 110 valence electrons. The summed E-state index contributed by atoms with van der Waals surface area (Å²) in [6, 6.07) is 6.81. The number of hydrogen-bond donors (Lipinski definition) is 2. The minimum Gasteiger partial charge on any atom is -0.508 e. The van der Waals surface area contributed by atoms with E-state index in [-0.39, 0.29) is 0 Å². The van der Waals surface area contributed by atoms with Gasteiger partial charge in [0.1, 0.15) is 5.75 Å². The standard InChI is InChI=1S/C17H26N2O/c1-13(12-19-9-3-2-4-10-19)18-17-8-5-14-11-15(20)6-7-16(14)17/h6-7,11,13,17-18,20H,2-5,8-10,12H2,1H3. The average Bonchev–Trinajstić information content (AvgIpc) is 2.82. The first kappa shape index (κ1) is 13.9. The molecule has 1 aromatic rings. The zero-order valence-electron chi connectivity index (χ0n) is 12.4. The number of phenols is 1. The maximum Gasteiger partial charge on any atom is 0.115 e. The van der Waals surface area contributed by atoms with Gasteiger partial charge < -0.3 is 15.3 Å².